The highest BCUT2D eigenvalue weighted by Crippen LogP contribution is 2.28. The van der Waals surface area contributed by atoms with Gasteiger partial charge in [0.1, 0.15) is 24.2 Å². The number of fused-ring (bicyclic) bond motifs is 1. The van der Waals surface area contributed by atoms with Crippen molar-refractivity contribution in [3.63, 3.8) is 0 Å². The maximum atomic E-state index is 9.14. The molecule has 1 heterocycles. The molecule has 21 heavy (non-hydrogen) atoms. The first-order chi connectivity index (χ1) is 10.1. The van der Waals surface area contributed by atoms with Gasteiger partial charge in [-0.3, -0.25) is 0 Å². The van der Waals surface area contributed by atoms with Gasteiger partial charge >= 0.3 is 7.12 Å². The summed E-state index contributed by atoms with van der Waals surface area (Å²) in [5.74, 6) is 1.67. The Morgan fingerprint density at radius 1 is 1.24 bits per heavy atom. The number of aryl methyl sites for hydroxylation is 1. The second-order valence-electron chi connectivity index (χ2n) is 5.26. The largest absolute Gasteiger partial charge is 0.489 e. The van der Waals surface area contributed by atoms with E-state index in [1.54, 1.807) is 18.2 Å². The van der Waals surface area contributed by atoms with Gasteiger partial charge in [-0.2, -0.15) is 0 Å². The Morgan fingerprint density at radius 2 is 2.05 bits per heavy atom. The van der Waals surface area contributed by atoms with Crippen molar-refractivity contribution in [1.82, 2.24) is 0 Å². The molecule has 0 fully saturated rings. The van der Waals surface area contributed by atoms with Crippen LogP contribution in [-0.4, -0.2) is 29.9 Å². The molecule has 108 valence electrons. The van der Waals surface area contributed by atoms with Gasteiger partial charge in [-0.1, -0.05) is 30.3 Å². The van der Waals surface area contributed by atoms with Crippen LogP contribution in [0.25, 0.3) is 0 Å². The van der Waals surface area contributed by atoms with Gasteiger partial charge < -0.3 is 19.5 Å². The molecule has 5 heteroatoms. The Hall–Kier alpha value is -1.98. The molecule has 0 spiro atoms. The molecular formula is C16H17BO4. The van der Waals surface area contributed by atoms with Gasteiger partial charge in [0.2, 0.25) is 0 Å². The van der Waals surface area contributed by atoms with Crippen LogP contribution in [0.3, 0.4) is 0 Å². The Bertz CT molecular complexity index is 617. The van der Waals surface area contributed by atoms with Crippen LogP contribution in [0.1, 0.15) is 11.1 Å². The zero-order valence-corrected chi connectivity index (χ0v) is 11.8. The Balaban J connectivity index is 1.62. The Morgan fingerprint density at radius 3 is 2.76 bits per heavy atom. The van der Waals surface area contributed by atoms with E-state index in [1.165, 1.54) is 5.56 Å². The van der Waals surface area contributed by atoms with Crippen molar-refractivity contribution >= 4 is 12.6 Å². The van der Waals surface area contributed by atoms with E-state index in [1.807, 2.05) is 25.1 Å². The smallest absolute Gasteiger partial charge is 0.488 e. The molecule has 0 saturated heterocycles. The molecule has 1 aliphatic rings. The molecule has 1 unspecified atom stereocenters. The average molecular weight is 284 g/mol. The molecule has 4 nitrogen and oxygen atoms in total. The van der Waals surface area contributed by atoms with Crippen molar-refractivity contribution in [1.29, 1.82) is 0 Å². The number of hydrogen-bond acceptors (Lipinski definition) is 4. The van der Waals surface area contributed by atoms with E-state index in [-0.39, 0.29) is 6.10 Å². The molecule has 0 aliphatic carbocycles. The van der Waals surface area contributed by atoms with Gasteiger partial charge in [-0.15, -0.1) is 0 Å². The zero-order valence-electron chi connectivity index (χ0n) is 11.8. The predicted molar refractivity (Wildman–Crippen MR) is 81.1 cm³/mol. The van der Waals surface area contributed by atoms with Crippen molar-refractivity contribution in [3.8, 4) is 11.5 Å². The molecule has 1 aliphatic heterocycles. The molecule has 0 bridgehead atoms. The number of rotatable bonds is 4. The minimum Gasteiger partial charge on any atom is -0.489 e. The SMILES string of the molecule is Cc1cc(B(O)O)ccc1OCC1Cc2ccccc2O1. The van der Waals surface area contributed by atoms with Crippen LogP contribution in [0.4, 0.5) is 0 Å². The zero-order chi connectivity index (χ0) is 14.8. The summed E-state index contributed by atoms with van der Waals surface area (Å²) >= 11 is 0. The topological polar surface area (TPSA) is 58.9 Å². The third-order valence-corrected chi connectivity index (χ3v) is 3.64. The minimum absolute atomic E-state index is 0.0184. The summed E-state index contributed by atoms with van der Waals surface area (Å²) in [6.07, 6.45) is 0.868. The average Bonchev–Trinajstić information content (AvgIpc) is 2.88. The lowest BCUT2D eigenvalue weighted by atomic mass is 9.79. The summed E-state index contributed by atoms with van der Waals surface area (Å²) in [6.45, 7) is 2.35. The Labute approximate surface area is 124 Å². The van der Waals surface area contributed by atoms with E-state index in [0.717, 1.165) is 23.5 Å². The first-order valence-corrected chi connectivity index (χ1v) is 6.97. The molecule has 2 N–H and O–H groups in total. The molecule has 0 saturated carbocycles. The number of hydrogen-bond donors (Lipinski definition) is 2. The maximum Gasteiger partial charge on any atom is 0.488 e. The minimum atomic E-state index is -1.45. The fourth-order valence-electron chi connectivity index (χ4n) is 2.52. The maximum absolute atomic E-state index is 9.14. The van der Waals surface area contributed by atoms with Crippen molar-refractivity contribution in [2.24, 2.45) is 0 Å². The van der Waals surface area contributed by atoms with E-state index in [9.17, 15) is 0 Å². The van der Waals surface area contributed by atoms with E-state index in [2.05, 4.69) is 6.07 Å². The molecule has 3 rings (SSSR count). The van der Waals surface area contributed by atoms with Gasteiger partial charge in [0.25, 0.3) is 0 Å². The second kappa shape index (κ2) is 5.80. The normalized spacial score (nSPS) is 16.2. The molecule has 2 aromatic carbocycles. The lowest BCUT2D eigenvalue weighted by molar-refractivity contribution is 0.148. The van der Waals surface area contributed by atoms with Crippen LogP contribution in [-0.2, 0) is 6.42 Å². The van der Waals surface area contributed by atoms with Gasteiger partial charge in [-0.25, -0.2) is 0 Å². The molecule has 1 atom stereocenters. The summed E-state index contributed by atoms with van der Waals surface area (Å²) in [4.78, 5) is 0. The standard InChI is InChI=1S/C16H17BO4/c1-11-8-13(17(18)19)6-7-15(11)20-10-14-9-12-4-2-3-5-16(12)21-14/h2-8,14,18-19H,9-10H2,1H3. The number of benzene rings is 2. The van der Waals surface area contributed by atoms with Crippen LogP contribution >= 0.6 is 0 Å². The van der Waals surface area contributed by atoms with E-state index >= 15 is 0 Å². The lowest BCUT2D eigenvalue weighted by Gasteiger charge is -2.14. The van der Waals surface area contributed by atoms with Crippen LogP contribution in [0.15, 0.2) is 42.5 Å². The lowest BCUT2D eigenvalue weighted by Crippen LogP contribution is -2.30. The van der Waals surface area contributed by atoms with Crippen molar-refractivity contribution < 1.29 is 19.5 Å². The first-order valence-electron chi connectivity index (χ1n) is 6.97. The molecule has 0 radical (unpaired) electrons. The van der Waals surface area contributed by atoms with E-state index < -0.39 is 7.12 Å². The molecule has 0 amide bonds. The van der Waals surface area contributed by atoms with Crippen LogP contribution < -0.4 is 14.9 Å². The summed E-state index contributed by atoms with van der Waals surface area (Å²) in [5, 5.41) is 18.3. The third-order valence-electron chi connectivity index (χ3n) is 3.64. The van der Waals surface area contributed by atoms with Crippen LogP contribution in [0.5, 0.6) is 11.5 Å². The van der Waals surface area contributed by atoms with Crippen molar-refractivity contribution in [2.45, 2.75) is 19.4 Å². The Kier molecular flexibility index (Phi) is 3.86. The van der Waals surface area contributed by atoms with Gasteiger partial charge in [-0.05, 0) is 35.6 Å². The highest BCUT2D eigenvalue weighted by molar-refractivity contribution is 6.58. The van der Waals surface area contributed by atoms with Crippen LogP contribution in [0, 0.1) is 6.92 Å². The van der Waals surface area contributed by atoms with Gasteiger partial charge in [0.15, 0.2) is 0 Å². The number of para-hydroxylation sites is 1. The van der Waals surface area contributed by atoms with Crippen molar-refractivity contribution in [2.75, 3.05) is 6.61 Å². The fourth-order valence-corrected chi connectivity index (χ4v) is 2.52. The third kappa shape index (κ3) is 3.04. The van der Waals surface area contributed by atoms with Gasteiger partial charge in [0.05, 0.1) is 0 Å². The monoisotopic (exact) mass is 284 g/mol. The summed E-state index contributed by atoms with van der Waals surface area (Å²) < 4.78 is 11.6. The van der Waals surface area contributed by atoms with E-state index in [0.29, 0.717) is 12.1 Å². The predicted octanol–water partition coefficient (Wildman–Crippen LogP) is 1.06. The van der Waals surface area contributed by atoms with Crippen LogP contribution in [0.2, 0.25) is 0 Å². The molecule has 0 aromatic heterocycles. The van der Waals surface area contributed by atoms with E-state index in [4.69, 9.17) is 19.5 Å². The van der Waals surface area contributed by atoms with Crippen molar-refractivity contribution in [3.05, 3.63) is 53.6 Å². The molecule has 2 aromatic rings. The molecular weight excluding hydrogens is 267 g/mol. The quantitative estimate of drug-likeness (QED) is 0.824. The number of ether oxygens (including phenoxy) is 2. The summed E-state index contributed by atoms with van der Waals surface area (Å²) in [7, 11) is -1.45. The summed E-state index contributed by atoms with van der Waals surface area (Å²) in [5.41, 5.74) is 2.54. The first kappa shape index (κ1) is 14.0. The highest BCUT2D eigenvalue weighted by Gasteiger charge is 2.23. The van der Waals surface area contributed by atoms with Gasteiger partial charge in [0, 0.05) is 6.42 Å². The summed E-state index contributed by atoms with van der Waals surface area (Å²) in [6, 6.07) is 13.1. The highest BCUT2D eigenvalue weighted by atomic mass is 16.5. The fraction of sp³-hybridized carbons (Fsp3) is 0.250. The second-order valence-corrected chi connectivity index (χ2v) is 5.26.